The zero-order valence-corrected chi connectivity index (χ0v) is 10.4. The van der Waals surface area contributed by atoms with Gasteiger partial charge in [0.2, 0.25) is 0 Å². The van der Waals surface area contributed by atoms with E-state index in [0.29, 0.717) is 10.0 Å². The van der Waals surface area contributed by atoms with E-state index in [4.69, 9.17) is 0 Å². The van der Waals surface area contributed by atoms with E-state index in [0.717, 1.165) is 13.1 Å². The molecule has 0 aromatic heterocycles. The van der Waals surface area contributed by atoms with Crippen molar-refractivity contribution < 1.29 is 9.18 Å². The smallest absolute Gasteiger partial charge is 0.255 e. The Bertz CT molecular complexity index is 420. The molecule has 5 heteroatoms. The van der Waals surface area contributed by atoms with Crippen molar-refractivity contribution in [2.45, 2.75) is 6.04 Å². The van der Waals surface area contributed by atoms with Crippen LogP contribution in [0.25, 0.3) is 0 Å². The summed E-state index contributed by atoms with van der Waals surface area (Å²) < 4.78 is 13.4. The minimum absolute atomic E-state index is 0.0848. The van der Waals surface area contributed by atoms with E-state index in [9.17, 15) is 9.18 Å². The van der Waals surface area contributed by atoms with Crippen molar-refractivity contribution in [3.05, 3.63) is 34.1 Å². The van der Waals surface area contributed by atoms with Crippen LogP contribution in [0.15, 0.2) is 22.7 Å². The Kier molecular flexibility index (Phi) is 3.25. The number of nitrogens with one attached hydrogen (secondary N) is 1. The van der Waals surface area contributed by atoms with Crippen molar-refractivity contribution in [1.82, 2.24) is 10.2 Å². The van der Waals surface area contributed by atoms with E-state index in [1.54, 1.807) is 11.9 Å². The number of carbonyl (C=O) groups is 1. The standard InChI is InChI=1S/C11H12BrFN2O/c1-15(8-5-14-6-8)11(16)9-3-2-7(13)4-10(9)12/h2-4,8,14H,5-6H2,1H3. The lowest BCUT2D eigenvalue weighted by Crippen LogP contribution is -2.57. The second-order valence-electron chi connectivity index (χ2n) is 3.85. The number of rotatable bonds is 2. The zero-order chi connectivity index (χ0) is 11.7. The molecule has 1 saturated heterocycles. The molecule has 86 valence electrons. The van der Waals surface area contributed by atoms with Gasteiger partial charge in [0, 0.05) is 24.6 Å². The second kappa shape index (κ2) is 4.51. The van der Waals surface area contributed by atoms with Crippen molar-refractivity contribution in [2.24, 2.45) is 0 Å². The summed E-state index contributed by atoms with van der Waals surface area (Å²) in [6, 6.07) is 4.35. The number of hydrogen-bond donors (Lipinski definition) is 1. The average molecular weight is 287 g/mol. The largest absolute Gasteiger partial charge is 0.336 e. The van der Waals surface area contributed by atoms with Crippen LogP contribution in [0.4, 0.5) is 4.39 Å². The Labute approximate surface area is 102 Å². The van der Waals surface area contributed by atoms with Crippen molar-refractivity contribution >= 4 is 21.8 Å². The van der Waals surface area contributed by atoms with Gasteiger partial charge in [-0.1, -0.05) is 0 Å². The molecule has 1 aliphatic rings. The predicted octanol–water partition coefficient (Wildman–Crippen LogP) is 1.63. The molecule has 0 spiro atoms. The summed E-state index contributed by atoms with van der Waals surface area (Å²) in [5.41, 5.74) is 0.496. The molecule has 1 fully saturated rings. The molecule has 0 bridgehead atoms. The summed E-state index contributed by atoms with van der Waals surface area (Å²) in [5, 5.41) is 3.11. The van der Waals surface area contributed by atoms with Crippen LogP contribution in [0, 0.1) is 5.82 Å². The molecule has 2 rings (SSSR count). The van der Waals surface area contributed by atoms with E-state index >= 15 is 0 Å². The van der Waals surface area contributed by atoms with Crippen LogP contribution in [0.5, 0.6) is 0 Å². The SMILES string of the molecule is CN(C(=O)c1ccc(F)cc1Br)C1CNC1. The molecule has 1 aliphatic heterocycles. The maximum atomic E-state index is 12.9. The Balaban J connectivity index is 2.19. The second-order valence-corrected chi connectivity index (χ2v) is 4.71. The molecule has 1 amide bonds. The van der Waals surface area contributed by atoms with Gasteiger partial charge >= 0.3 is 0 Å². The number of likely N-dealkylation sites (N-methyl/N-ethyl adjacent to an activating group) is 1. The fraction of sp³-hybridized carbons (Fsp3) is 0.364. The number of amides is 1. The number of benzene rings is 1. The molecular weight excluding hydrogens is 275 g/mol. The maximum absolute atomic E-state index is 12.9. The molecule has 0 saturated carbocycles. The molecule has 1 heterocycles. The van der Waals surface area contributed by atoms with Gasteiger partial charge in [0.1, 0.15) is 5.82 Å². The lowest BCUT2D eigenvalue weighted by atomic mass is 10.1. The molecule has 1 aromatic rings. The first-order valence-corrected chi connectivity index (χ1v) is 5.82. The van der Waals surface area contributed by atoms with Crippen LogP contribution in [-0.4, -0.2) is 37.0 Å². The van der Waals surface area contributed by atoms with Crippen LogP contribution < -0.4 is 5.32 Å². The maximum Gasteiger partial charge on any atom is 0.255 e. The summed E-state index contributed by atoms with van der Waals surface area (Å²) in [4.78, 5) is 13.7. The first-order valence-electron chi connectivity index (χ1n) is 5.02. The fourth-order valence-electron chi connectivity index (χ4n) is 1.57. The van der Waals surface area contributed by atoms with Gasteiger partial charge in [-0.15, -0.1) is 0 Å². The Hall–Kier alpha value is -0.940. The highest BCUT2D eigenvalue weighted by molar-refractivity contribution is 9.10. The third-order valence-corrected chi connectivity index (χ3v) is 3.45. The first kappa shape index (κ1) is 11.5. The summed E-state index contributed by atoms with van der Waals surface area (Å²) in [6.45, 7) is 1.64. The van der Waals surface area contributed by atoms with Crippen molar-refractivity contribution in [3.63, 3.8) is 0 Å². The normalized spacial score (nSPS) is 15.7. The van der Waals surface area contributed by atoms with E-state index in [1.807, 2.05) is 0 Å². The van der Waals surface area contributed by atoms with E-state index in [1.165, 1.54) is 18.2 Å². The van der Waals surface area contributed by atoms with Crippen LogP contribution >= 0.6 is 15.9 Å². The molecule has 1 aromatic carbocycles. The van der Waals surface area contributed by atoms with Crippen molar-refractivity contribution in [2.75, 3.05) is 20.1 Å². The number of carbonyl (C=O) groups excluding carboxylic acids is 1. The van der Waals surface area contributed by atoms with Gasteiger partial charge in [-0.2, -0.15) is 0 Å². The third-order valence-electron chi connectivity index (χ3n) is 2.79. The van der Waals surface area contributed by atoms with Crippen molar-refractivity contribution in [3.8, 4) is 0 Å². The van der Waals surface area contributed by atoms with Gasteiger partial charge in [0.25, 0.3) is 5.91 Å². The molecule has 1 N–H and O–H groups in total. The minimum Gasteiger partial charge on any atom is -0.336 e. The molecule has 16 heavy (non-hydrogen) atoms. The summed E-state index contributed by atoms with van der Waals surface area (Å²) in [6.07, 6.45) is 0. The van der Waals surface area contributed by atoms with Gasteiger partial charge in [0.05, 0.1) is 11.6 Å². The lowest BCUT2D eigenvalue weighted by Gasteiger charge is -2.35. The Morgan fingerprint density at radius 1 is 1.56 bits per heavy atom. The van der Waals surface area contributed by atoms with Gasteiger partial charge < -0.3 is 10.2 Å². The summed E-state index contributed by atoms with van der Waals surface area (Å²) >= 11 is 3.20. The molecule has 0 atom stereocenters. The predicted molar refractivity (Wildman–Crippen MR) is 62.9 cm³/mol. The van der Waals surface area contributed by atoms with Gasteiger partial charge in [-0.3, -0.25) is 4.79 Å². The molecular formula is C11H12BrFN2O. The number of halogens is 2. The molecule has 0 radical (unpaired) electrons. The van der Waals surface area contributed by atoms with Crippen molar-refractivity contribution in [1.29, 1.82) is 0 Å². The highest BCUT2D eigenvalue weighted by Gasteiger charge is 2.26. The molecule has 3 nitrogen and oxygen atoms in total. The quantitative estimate of drug-likeness (QED) is 0.896. The van der Waals surface area contributed by atoms with Crippen LogP contribution in [0.3, 0.4) is 0 Å². The monoisotopic (exact) mass is 286 g/mol. The third kappa shape index (κ3) is 2.10. The number of hydrogen-bond acceptors (Lipinski definition) is 2. The average Bonchev–Trinajstić information content (AvgIpc) is 2.14. The minimum atomic E-state index is -0.351. The highest BCUT2D eigenvalue weighted by Crippen LogP contribution is 2.20. The Morgan fingerprint density at radius 2 is 2.25 bits per heavy atom. The topological polar surface area (TPSA) is 32.3 Å². The van der Waals surface area contributed by atoms with Crippen LogP contribution in [0.1, 0.15) is 10.4 Å². The summed E-state index contributed by atoms with van der Waals surface area (Å²) in [7, 11) is 1.77. The van der Waals surface area contributed by atoms with Gasteiger partial charge in [0.15, 0.2) is 0 Å². The van der Waals surface area contributed by atoms with Crippen LogP contribution in [0.2, 0.25) is 0 Å². The Morgan fingerprint density at radius 3 is 2.75 bits per heavy atom. The van der Waals surface area contributed by atoms with E-state index in [-0.39, 0.29) is 17.8 Å². The fourth-order valence-corrected chi connectivity index (χ4v) is 2.09. The lowest BCUT2D eigenvalue weighted by molar-refractivity contribution is 0.0680. The van der Waals surface area contributed by atoms with E-state index < -0.39 is 0 Å². The first-order chi connectivity index (χ1) is 7.59. The zero-order valence-electron chi connectivity index (χ0n) is 8.84. The molecule has 0 unspecified atom stereocenters. The highest BCUT2D eigenvalue weighted by atomic mass is 79.9. The summed E-state index contributed by atoms with van der Waals surface area (Å²) in [5.74, 6) is -0.435. The van der Waals surface area contributed by atoms with Gasteiger partial charge in [-0.25, -0.2) is 4.39 Å². The van der Waals surface area contributed by atoms with Gasteiger partial charge in [-0.05, 0) is 34.1 Å². The van der Waals surface area contributed by atoms with E-state index in [2.05, 4.69) is 21.2 Å². The number of nitrogens with zero attached hydrogens (tertiary/aromatic N) is 1. The van der Waals surface area contributed by atoms with Crippen LogP contribution in [-0.2, 0) is 0 Å². The molecule has 0 aliphatic carbocycles.